The van der Waals surface area contributed by atoms with E-state index in [1.807, 2.05) is 30.3 Å². The second-order valence-corrected chi connectivity index (χ2v) is 6.02. The van der Waals surface area contributed by atoms with Crippen molar-refractivity contribution in [3.8, 4) is 0 Å². The fourth-order valence-electron chi connectivity index (χ4n) is 1.07. The second kappa shape index (κ2) is 7.46. The van der Waals surface area contributed by atoms with E-state index in [-0.39, 0.29) is 12.2 Å². The fourth-order valence-corrected chi connectivity index (χ4v) is 3.34. The molecule has 1 aromatic carbocycles. The van der Waals surface area contributed by atoms with Crippen LogP contribution in [-0.4, -0.2) is 32.5 Å². The lowest BCUT2D eigenvalue weighted by atomic mass is 10.4. The van der Waals surface area contributed by atoms with Gasteiger partial charge in [-0.2, -0.15) is 0 Å². The van der Waals surface area contributed by atoms with Gasteiger partial charge in [0.05, 0.1) is 6.42 Å². The number of carboxylic acids is 1. The van der Waals surface area contributed by atoms with E-state index in [4.69, 9.17) is 5.11 Å². The molecule has 5 heteroatoms. The van der Waals surface area contributed by atoms with Gasteiger partial charge in [-0.05, 0) is 12.1 Å². The Kier molecular flexibility index (Phi) is 6.18. The number of aliphatic carboxylic acids is 1. The highest BCUT2D eigenvalue weighted by Crippen LogP contribution is 2.16. The van der Waals surface area contributed by atoms with Crippen molar-refractivity contribution in [2.45, 2.75) is 11.3 Å². The van der Waals surface area contributed by atoms with E-state index in [1.54, 1.807) is 11.8 Å². The molecule has 1 unspecified atom stereocenters. The summed E-state index contributed by atoms with van der Waals surface area (Å²) in [5.41, 5.74) is 0. The van der Waals surface area contributed by atoms with Crippen LogP contribution in [0.4, 0.5) is 0 Å². The topological polar surface area (TPSA) is 54.4 Å². The number of hydrogen-bond acceptors (Lipinski definition) is 3. The van der Waals surface area contributed by atoms with E-state index in [2.05, 4.69) is 0 Å². The summed E-state index contributed by atoms with van der Waals surface area (Å²) in [5.74, 6) is 0.678. The molecule has 88 valence electrons. The van der Waals surface area contributed by atoms with E-state index in [0.717, 1.165) is 10.6 Å². The summed E-state index contributed by atoms with van der Waals surface area (Å²) in [4.78, 5) is 11.4. The Morgan fingerprint density at radius 2 is 1.94 bits per heavy atom. The van der Waals surface area contributed by atoms with Gasteiger partial charge in [0.15, 0.2) is 0 Å². The van der Waals surface area contributed by atoms with E-state index >= 15 is 0 Å². The van der Waals surface area contributed by atoms with Gasteiger partial charge in [-0.3, -0.25) is 9.00 Å². The van der Waals surface area contributed by atoms with Crippen LogP contribution in [0.1, 0.15) is 6.42 Å². The van der Waals surface area contributed by atoms with Crippen LogP contribution < -0.4 is 0 Å². The van der Waals surface area contributed by atoms with Crippen LogP contribution in [0.3, 0.4) is 0 Å². The number of rotatable bonds is 7. The maximum Gasteiger partial charge on any atom is 0.304 e. The minimum Gasteiger partial charge on any atom is -0.481 e. The molecule has 0 saturated carbocycles. The van der Waals surface area contributed by atoms with Crippen molar-refractivity contribution in [2.24, 2.45) is 0 Å². The van der Waals surface area contributed by atoms with Gasteiger partial charge in [0, 0.05) is 33.0 Å². The van der Waals surface area contributed by atoms with Crippen LogP contribution in [0.2, 0.25) is 0 Å². The maximum atomic E-state index is 11.4. The first-order chi connectivity index (χ1) is 7.68. The van der Waals surface area contributed by atoms with Crippen molar-refractivity contribution in [1.29, 1.82) is 0 Å². The number of hydrogen-bond donors (Lipinski definition) is 1. The highest BCUT2D eigenvalue weighted by molar-refractivity contribution is 8.00. The molecule has 0 aliphatic heterocycles. The molecule has 0 saturated heterocycles. The molecular formula is C11H14O3S2. The molecule has 16 heavy (non-hydrogen) atoms. The van der Waals surface area contributed by atoms with Gasteiger partial charge in [0.2, 0.25) is 0 Å². The molecule has 1 atom stereocenters. The van der Waals surface area contributed by atoms with Crippen molar-refractivity contribution in [2.75, 3.05) is 17.3 Å². The van der Waals surface area contributed by atoms with E-state index < -0.39 is 16.8 Å². The quantitative estimate of drug-likeness (QED) is 0.760. The van der Waals surface area contributed by atoms with Crippen molar-refractivity contribution in [1.82, 2.24) is 0 Å². The van der Waals surface area contributed by atoms with Crippen LogP contribution >= 0.6 is 11.8 Å². The first kappa shape index (κ1) is 13.3. The lowest BCUT2D eigenvalue weighted by molar-refractivity contribution is -0.136. The molecule has 0 radical (unpaired) electrons. The Bertz CT molecular complexity index is 352. The predicted molar refractivity (Wildman–Crippen MR) is 67.3 cm³/mol. The Hall–Kier alpha value is -0.810. The minimum atomic E-state index is -1.02. The van der Waals surface area contributed by atoms with Crippen molar-refractivity contribution in [3.05, 3.63) is 30.3 Å². The fraction of sp³-hybridized carbons (Fsp3) is 0.364. The highest BCUT2D eigenvalue weighted by Gasteiger charge is 2.03. The molecule has 0 amide bonds. The average Bonchev–Trinajstić information content (AvgIpc) is 2.28. The Balaban J connectivity index is 2.16. The van der Waals surface area contributed by atoms with Gasteiger partial charge >= 0.3 is 5.97 Å². The average molecular weight is 258 g/mol. The van der Waals surface area contributed by atoms with Crippen molar-refractivity contribution in [3.63, 3.8) is 0 Å². The van der Waals surface area contributed by atoms with Gasteiger partial charge in [-0.25, -0.2) is 0 Å². The van der Waals surface area contributed by atoms with E-state index in [1.165, 1.54) is 0 Å². The summed E-state index contributed by atoms with van der Waals surface area (Å²) in [5, 5.41) is 8.43. The Labute approximate surface area is 102 Å². The second-order valence-electron chi connectivity index (χ2n) is 3.15. The zero-order valence-electron chi connectivity index (χ0n) is 8.80. The third kappa shape index (κ3) is 5.92. The van der Waals surface area contributed by atoms with Crippen LogP contribution in [0, 0.1) is 0 Å². The molecule has 0 bridgehead atoms. The van der Waals surface area contributed by atoms with Gasteiger partial charge < -0.3 is 5.11 Å². The molecule has 0 spiro atoms. The maximum absolute atomic E-state index is 11.4. The van der Waals surface area contributed by atoms with Crippen LogP contribution in [0.5, 0.6) is 0 Å². The summed E-state index contributed by atoms with van der Waals surface area (Å²) in [6, 6.07) is 9.89. The summed E-state index contributed by atoms with van der Waals surface area (Å²) >= 11 is 1.64. The van der Waals surface area contributed by atoms with E-state index in [9.17, 15) is 9.00 Å². The molecule has 0 heterocycles. The van der Waals surface area contributed by atoms with E-state index in [0.29, 0.717) is 5.75 Å². The van der Waals surface area contributed by atoms with Crippen LogP contribution in [0.15, 0.2) is 35.2 Å². The normalized spacial score (nSPS) is 12.2. The Morgan fingerprint density at radius 3 is 2.56 bits per heavy atom. The van der Waals surface area contributed by atoms with Crippen LogP contribution in [-0.2, 0) is 15.6 Å². The number of carboxylic acid groups (broad SMARTS) is 1. The SMILES string of the molecule is O=C(O)CCS(=O)CCSc1ccccc1. The molecule has 3 nitrogen and oxygen atoms in total. The largest absolute Gasteiger partial charge is 0.481 e. The first-order valence-electron chi connectivity index (χ1n) is 4.93. The minimum absolute atomic E-state index is 0.0113. The van der Waals surface area contributed by atoms with Crippen molar-refractivity contribution >= 4 is 28.5 Å². The summed E-state index contributed by atoms with van der Waals surface area (Å²) in [6.07, 6.45) is -0.0113. The molecule has 0 aliphatic rings. The lowest BCUT2D eigenvalue weighted by Crippen LogP contribution is -2.08. The smallest absolute Gasteiger partial charge is 0.304 e. The molecule has 1 rings (SSSR count). The molecule has 0 aliphatic carbocycles. The highest BCUT2D eigenvalue weighted by atomic mass is 32.2. The number of carbonyl (C=O) groups is 1. The number of benzene rings is 1. The number of thioether (sulfide) groups is 1. The summed E-state index contributed by atoms with van der Waals surface area (Å²) < 4.78 is 11.4. The third-order valence-electron chi connectivity index (χ3n) is 1.87. The monoisotopic (exact) mass is 258 g/mol. The van der Waals surface area contributed by atoms with Crippen molar-refractivity contribution < 1.29 is 14.1 Å². The first-order valence-corrected chi connectivity index (χ1v) is 7.40. The Morgan fingerprint density at radius 1 is 1.25 bits per heavy atom. The standard InChI is InChI=1S/C11H14O3S2/c12-11(13)6-8-16(14)9-7-15-10-4-2-1-3-5-10/h1-5H,6-9H2,(H,12,13). The van der Waals surface area contributed by atoms with Gasteiger partial charge in [-0.15, -0.1) is 11.8 Å². The molecule has 1 N–H and O–H groups in total. The van der Waals surface area contributed by atoms with Gasteiger partial charge in [0.25, 0.3) is 0 Å². The molecule has 0 aromatic heterocycles. The molecule has 0 fully saturated rings. The zero-order chi connectivity index (χ0) is 11.8. The molecular weight excluding hydrogens is 244 g/mol. The zero-order valence-corrected chi connectivity index (χ0v) is 10.4. The summed E-state index contributed by atoms with van der Waals surface area (Å²) in [6.45, 7) is 0. The van der Waals surface area contributed by atoms with Gasteiger partial charge in [0.1, 0.15) is 0 Å². The third-order valence-corrected chi connectivity index (χ3v) is 4.46. The predicted octanol–water partition coefficient (Wildman–Crippen LogP) is 2.00. The summed E-state index contributed by atoms with van der Waals surface area (Å²) in [7, 11) is -1.02. The van der Waals surface area contributed by atoms with Crippen LogP contribution in [0.25, 0.3) is 0 Å². The lowest BCUT2D eigenvalue weighted by Gasteiger charge is -2.01. The molecule has 1 aromatic rings. The van der Waals surface area contributed by atoms with Gasteiger partial charge in [-0.1, -0.05) is 18.2 Å².